The highest BCUT2D eigenvalue weighted by Gasteiger charge is 2.06. The van der Waals surface area contributed by atoms with Gasteiger partial charge < -0.3 is 5.32 Å². The van der Waals surface area contributed by atoms with Gasteiger partial charge in [0.15, 0.2) is 0 Å². The van der Waals surface area contributed by atoms with Crippen LogP contribution in [0.25, 0.3) is 5.69 Å². The smallest absolute Gasteiger partial charge is 0.144 e. The summed E-state index contributed by atoms with van der Waals surface area (Å²) in [6.45, 7) is 2.48. The van der Waals surface area contributed by atoms with Crippen LogP contribution in [0.3, 0.4) is 0 Å². The molecule has 0 unspecified atom stereocenters. The van der Waals surface area contributed by atoms with E-state index >= 15 is 0 Å². The monoisotopic (exact) mass is 290 g/mol. The Morgan fingerprint density at radius 2 is 2.23 bits per heavy atom. The second-order valence-electron chi connectivity index (χ2n) is 4.83. The molecule has 22 heavy (non-hydrogen) atoms. The van der Waals surface area contributed by atoms with E-state index in [1.54, 1.807) is 17.2 Å². The van der Waals surface area contributed by atoms with Crippen molar-refractivity contribution in [3.8, 4) is 11.8 Å². The average Bonchev–Trinajstić information content (AvgIpc) is 3.08. The summed E-state index contributed by atoms with van der Waals surface area (Å²) in [4.78, 5) is 8.18. The molecule has 2 aromatic heterocycles. The first kappa shape index (κ1) is 13.8. The van der Waals surface area contributed by atoms with Crippen molar-refractivity contribution >= 4 is 5.82 Å². The average molecular weight is 290 g/mol. The third-order valence-corrected chi connectivity index (χ3v) is 3.32. The molecule has 3 aromatic rings. The van der Waals surface area contributed by atoms with E-state index in [9.17, 15) is 5.26 Å². The first-order chi connectivity index (χ1) is 10.8. The number of benzene rings is 1. The first-order valence-electron chi connectivity index (χ1n) is 6.81. The predicted molar refractivity (Wildman–Crippen MR) is 82.4 cm³/mol. The number of hydrogen-bond acceptors (Lipinski definition) is 5. The lowest BCUT2D eigenvalue weighted by Crippen LogP contribution is -2.05. The highest BCUT2D eigenvalue weighted by molar-refractivity contribution is 5.55. The summed E-state index contributed by atoms with van der Waals surface area (Å²) in [6.07, 6.45) is 4.85. The van der Waals surface area contributed by atoms with Crippen molar-refractivity contribution in [3.63, 3.8) is 0 Å². The van der Waals surface area contributed by atoms with E-state index in [4.69, 9.17) is 0 Å². The molecular formula is C16H14N6. The number of pyridine rings is 1. The van der Waals surface area contributed by atoms with E-state index in [1.807, 2.05) is 37.3 Å². The number of aryl methyl sites for hydroxylation is 1. The van der Waals surface area contributed by atoms with Crippen molar-refractivity contribution < 1.29 is 0 Å². The van der Waals surface area contributed by atoms with Crippen LogP contribution in [0.15, 0.2) is 49.2 Å². The van der Waals surface area contributed by atoms with Gasteiger partial charge in [-0.3, -0.25) is 0 Å². The Balaban J connectivity index is 1.79. The number of nitrogens with one attached hydrogen (secondary N) is 1. The van der Waals surface area contributed by atoms with Crippen LogP contribution in [0.4, 0.5) is 5.82 Å². The van der Waals surface area contributed by atoms with Crippen molar-refractivity contribution in [2.24, 2.45) is 0 Å². The van der Waals surface area contributed by atoms with Crippen molar-refractivity contribution in [1.29, 1.82) is 5.26 Å². The minimum atomic E-state index is 0.577. The molecule has 0 aliphatic rings. The minimum Gasteiger partial charge on any atom is -0.365 e. The fourth-order valence-electron chi connectivity index (χ4n) is 2.17. The third-order valence-electron chi connectivity index (χ3n) is 3.32. The number of rotatable bonds is 4. The lowest BCUT2D eigenvalue weighted by atomic mass is 10.1. The van der Waals surface area contributed by atoms with Crippen LogP contribution in [-0.2, 0) is 6.54 Å². The highest BCUT2D eigenvalue weighted by atomic mass is 15.3. The van der Waals surface area contributed by atoms with Crippen LogP contribution in [-0.4, -0.2) is 19.7 Å². The van der Waals surface area contributed by atoms with Gasteiger partial charge >= 0.3 is 0 Å². The van der Waals surface area contributed by atoms with Crippen LogP contribution in [0, 0.1) is 18.3 Å². The van der Waals surface area contributed by atoms with Gasteiger partial charge in [-0.15, -0.1) is 0 Å². The maximum Gasteiger partial charge on any atom is 0.144 e. The standard InChI is InChI=1S/C16H14N6/c1-12-5-6-19-16(15(12)8-17)20-9-13-3-2-4-14(7-13)22-11-18-10-21-22/h2-7,10-11H,9H2,1H3,(H,19,20). The summed E-state index contributed by atoms with van der Waals surface area (Å²) in [5, 5.41) is 16.5. The third kappa shape index (κ3) is 2.79. The van der Waals surface area contributed by atoms with Crippen LogP contribution in [0.1, 0.15) is 16.7 Å². The molecule has 0 saturated heterocycles. The Bertz CT molecular complexity index is 817. The Kier molecular flexibility index (Phi) is 3.79. The Hall–Kier alpha value is -3.20. The van der Waals surface area contributed by atoms with E-state index < -0.39 is 0 Å². The molecule has 1 aromatic carbocycles. The SMILES string of the molecule is Cc1ccnc(NCc2cccc(-n3cncn3)c2)c1C#N. The molecule has 1 N–H and O–H groups in total. The van der Waals surface area contributed by atoms with Crippen molar-refractivity contribution in [3.05, 3.63) is 65.9 Å². The summed E-state index contributed by atoms with van der Waals surface area (Å²) in [6, 6.07) is 12.0. The fraction of sp³-hybridized carbons (Fsp3) is 0.125. The molecule has 0 fully saturated rings. The number of nitrogens with zero attached hydrogens (tertiary/aromatic N) is 5. The Morgan fingerprint density at radius 3 is 3.00 bits per heavy atom. The minimum absolute atomic E-state index is 0.577. The second kappa shape index (κ2) is 6.06. The number of nitriles is 1. The van der Waals surface area contributed by atoms with Gasteiger partial charge in [0.25, 0.3) is 0 Å². The molecule has 0 bridgehead atoms. The highest BCUT2D eigenvalue weighted by Crippen LogP contribution is 2.17. The fourth-order valence-corrected chi connectivity index (χ4v) is 2.17. The lowest BCUT2D eigenvalue weighted by Gasteiger charge is -2.09. The lowest BCUT2D eigenvalue weighted by molar-refractivity contribution is 0.875. The molecule has 0 saturated carbocycles. The van der Waals surface area contributed by atoms with Crippen molar-refractivity contribution in [2.45, 2.75) is 13.5 Å². The molecule has 0 aliphatic carbocycles. The zero-order valence-corrected chi connectivity index (χ0v) is 12.1. The van der Waals surface area contributed by atoms with E-state index in [1.165, 1.54) is 6.33 Å². The maximum absolute atomic E-state index is 9.22. The van der Waals surface area contributed by atoms with E-state index in [2.05, 4.69) is 26.5 Å². The quantitative estimate of drug-likeness (QED) is 0.798. The van der Waals surface area contributed by atoms with Gasteiger partial charge in [-0.2, -0.15) is 10.4 Å². The maximum atomic E-state index is 9.22. The zero-order valence-electron chi connectivity index (χ0n) is 12.1. The van der Waals surface area contributed by atoms with Gasteiger partial charge in [-0.1, -0.05) is 12.1 Å². The van der Waals surface area contributed by atoms with Crippen LogP contribution in [0.5, 0.6) is 0 Å². The molecular weight excluding hydrogens is 276 g/mol. The summed E-state index contributed by atoms with van der Waals surface area (Å²) >= 11 is 0. The van der Waals surface area contributed by atoms with Gasteiger partial charge in [0.1, 0.15) is 24.5 Å². The van der Waals surface area contributed by atoms with E-state index in [0.717, 1.165) is 16.8 Å². The molecule has 0 spiro atoms. The normalized spacial score (nSPS) is 10.2. The summed E-state index contributed by atoms with van der Waals surface area (Å²) in [5.74, 6) is 0.605. The topological polar surface area (TPSA) is 79.4 Å². The largest absolute Gasteiger partial charge is 0.365 e. The zero-order chi connectivity index (χ0) is 15.4. The molecule has 108 valence electrons. The second-order valence-corrected chi connectivity index (χ2v) is 4.83. The molecule has 3 rings (SSSR count). The molecule has 0 aliphatic heterocycles. The molecule has 6 heteroatoms. The molecule has 0 amide bonds. The van der Waals surface area contributed by atoms with Gasteiger partial charge in [0.05, 0.1) is 11.3 Å². The predicted octanol–water partition coefficient (Wildman–Crippen LogP) is 2.45. The van der Waals surface area contributed by atoms with Gasteiger partial charge in [-0.25, -0.2) is 14.6 Å². The number of hydrogen-bond donors (Lipinski definition) is 1. The summed E-state index contributed by atoms with van der Waals surface area (Å²) in [5.41, 5.74) is 3.50. The van der Waals surface area contributed by atoms with Crippen LogP contribution < -0.4 is 5.32 Å². The number of anilines is 1. The summed E-state index contributed by atoms with van der Waals surface area (Å²) < 4.78 is 1.70. The number of aromatic nitrogens is 4. The summed E-state index contributed by atoms with van der Waals surface area (Å²) in [7, 11) is 0. The Labute approximate surface area is 128 Å². The molecule has 0 atom stereocenters. The van der Waals surface area contributed by atoms with E-state index in [0.29, 0.717) is 17.9 Å². The van der Waals surface area contributed by atoms with Crippen molar-refractivity contribution in [1.82, 2.24) is 19.7 Å². The van der Waals surface area contributed by atoms with E-state index in [-0.39, 0.29) is 0 Å². The van der Waals surface area contributed by atoms with Gasteiger partial charge in [-0.05, 0) is 36.2 Å². The molecule has 6 nitrogen and oxygen atoms in total. The first-order valence-corrected chi connectivity index (χ1v) is 6.81. The van der Waals surface area contributed by atoms with Crippen molar-refractivity contribution in [2.75, 3.05) is 5.32 Å². The van der Waals surface area contributed by atoms with Gasteiger partial charge in [0, 0.05) is 12.7 Å². The van der Waals surface area contributed by atoms with Gasteiger partial charge in [0.2, 0.25) is 0 Å². The Morgan fingerprint density at radius 1 is 1.32 bits per heavy atom. The molecule has 0 radical (unpaired) electrons. The molecule has 2 heterocycles. The van der Waals surface area contributed by atoms with Crippen LogP contribution in [0.2, 0.25) is 0 Å². The van der Waals surface area contributed by atoms with Crippen LogP contribution >= 0.6 is 0 Å².